The molecule has 0 heterocycles. The highest BCUT2D eigenvalue weighted by Gasteiger charge is 2.20. The Morgan fingerprint density at radius 1 is 1.35 bits per heavy atom. The van der Waals surface area contributed by atoms with Gasteiger partial charge in [-0.2, -0.15) is 0 Å². The number of carbonyl (C=O) groups is 1. The van der Waals surface area contributed by atoms with Crippen LogP contribution in [0.4, 0.5) is 19.3 Å². The van der Waals surface area contributed by atoms with Gasteiger partial charge in [0.1, 0.15) is 0 Å². The van der Waals surface area contributed by atoms with E-state index >= 15 is 0 Å². The van der Waals surface area contributed by atoms with Gasteiger partial charge in [0.2, 0.25) is 0 Å². The largest absolute Gasteiger partial charge is 0.494 e. The zero-order valence-electron chi connectivity index (χ0n) is 11.6. The van der Waals surface area contributed by atoms with E-state index in [0.29, 0.717) is 6.42 Å². The zero-order valence-corrected chi connectivity index (χ0v) is 11.6. The fourth-order valence-electron chi connectivity index (χ4n) is 1.58. The first kappa shape index (κ1) is 16.2. The summed E-state index contributed by atoms with van der Waals surface area (Å²) < 4.78 is 31.7. The van der Waals surface area contributed by atoms with Gasteiger partial charge in [0.15, 0.2) is 17.4 Å². The number of carbonyl (C=O) groups excluding carboxylic acids is 1. The van der Waals surface area contributed by atoms with Crippen LogP contribution in [0, 0.1) is 11.6 Å². The Morgan fingerprint density at radius 2 is 2.00 bits per heavy atom. The third-order valence-corrected chi connectivity index (χ3v) is 2.68. The predicted molar refractivity (Wildman–Crippen MR) is 70.8 cm³/mol. The van der Waals surface area contributed by atoms with E-state index in [4.69, 9.17) is 5.11 Å². The second-order valence-corrected chi connectivity index (χ2v) is 4.90. The highest BCUT2D eigenvalue weighted by Crippen LogP contribution is 2.24. The standard InChI is InChI=1S/C13H18F2N2O3/c1-13(2,4-5-18)17-12(19)16-10-6-9(15)11(20-3)7-8(10)14/h6-7,18H,4-5H2,1-3H3,(H2,16,17,19). The lowest BCUT2D eigenvalue weighted by Crippen LogP contribution is -2.46. The van der Waals surface area contributed by atoms with E-state index in [1.54, 1.807) is 13.8 Å². The average molecular weight is 288 g/mol. The molecule has 20 heavy (non-hydrogen) atoms. The Kier molecular flexibility index (Phi) is 5.26. The van der Waals surface area contributed by atoms with E-state index in [-0.39, 0.29) is 18.0 Å². The number of urea groups is 1. The number of hydrogen-bond donors (Lipinski definition) is 3. The lowest BCUT2D eigenvalue weighted by atomic mass is 10.0. The summed E-state index contributed by atoms with van der Waals surface area (Å²) in [5, 5.41) is 13.6. The molecule has 0 saturated carbocycles. The molecule has 1 aromatic carbocycles. The van der Waals surface area contributed by atoms with E-state index in [1.807, 2.05) is 0 Å². The van der Waals surface area contributed by atoms with Gasteiger partial charge in [-0.1, -0.05) is 0 Å². The van der Waals surface area contributed by atoms with Crippen molar-refractivity contribution in [3.05, 3.63) is 23.8 Å². The molecule has 0 aliphatic rings. The normalized spacial score (nSPS) is 11.1. The molecule has 0 atom stereocenters. The van der Waals surface area contributed by atoms with E-state index in [9.17, 15) is 13.6 Å². The van der Waals surface area contributed by atoms with Crippen molar-refractivity contribution in [1.29, 1.82) is 0 Å². The Labute approximate surface area is 115 Å². The average Bonchev–Trinajstić information content (AvgIpc) is 2.32. The Balaban J connectivity index is 2.79. The molecule has 0 bridgehead atoms. The number of methoxy groups -OCH3 is 1. The predicted octanol–water partition coefficient (Wildman–Crippen LogP) is 2.26. The third kappa shape index (κ3) is 4.34. The minimum atomic E-state index is -0.807. The molecule has 0 aliphatic carbocycles. The van der Waals surface area contributed by atoms with Crippen LogP contribution in [-0.4, -0.2) is 30.4 Å². The molecule has 0 fully saturated rings. The number of halogens is 2. The van der Waals surface area contributed by atoms with E-state index in [0.717, 1.165) is 12.1 Å². The van der Waals surface area contributed by atoms with Crippen LogP contribution in [0.1, 0.15) is 20.3 Å². The van der Waals surface area contributed by atoms with Crippen molar-refractivity contribution in [2.75, 3.05) is 19.0 Å². The topological polar surface area (TPSA) is 70.6 Å². The van der Waals surface area contributed by atoms with E-state index < -0.39 is 23.2 Å². The highest BCUT2D eigenvalue weighted by atomic mass is 19.1. The number of anilines is 1. The molecule has 2 amide bonds. The van der Waals surface area contributed by atoms with Crippen LogP contribution < -0.4 is 15.4 Å². The van der Waals surface area contributed by atoms with Gasteiger partial charge >= 0.3 is 6.03 Å². The molecule has 0 unspecified atom stereocenters. The van der Waals surface area contributed by atoms with Crippen LogP contribution in [0.15, 0.2) is 12.1 Å². The van der Waals surface area contributed by atoms with E-state index in [2.05, 4.69) is 15.4 Å². The summed E-state index contributed by atoms with van der Waals surface area (Å²) in [6.07, 6.45) is 0.333. The smallest absolute Gasteiger partial charge is 0.319 e. The Hall–Kier alpha value is -1.89. The van der Waals surface area contributed by atoms with Gasteiger partial charge < -0.3 is 20.5 Å². The monoisotopic (exact) mass is 288 g/mol. The lowest BCUT2D eigenvalue weighted by Gasteiger charge is -2.25. The maximum Gasteiger partial charge on any atom is 0.319 e. The van der Waals surface area contributed by atoms with Gasteiger partial charge in [-0.15, -0.1) is 0 Å². The molecule has 7 heteroatoms. The van der Waals surface area contributed by atoms with E-state index in [1.165, 1.54) is 7.11 Å². The fraction of sp³-hybridized carbons (Fsp3) is 0.462. The van der Waals surface area contributed by atoms with Crippen LogP contribution >= 0.6 is 0 Å². The molecule has 0 aromatic heterocycles. The van der Waals surface area contributed by atoms with Gasteiger partial charge in [0, 0.05) is 24.3 Å². The van der Waals surface area contributed by atoms with Crippen molar-refractivity contribution in [2.45, 2.75) is 25.8 Å². The number of aliphatic hydroxyl groups is 1. The van der Waals surface area contributed by atoms with Crippen LogP contribution in [0.5, 0.6) is 5.75 Å². The van der Waals surface area contributed by atoms with Crippen molar-refractivity contribution in [1.82, 2.24) is 5.32 Å². The quantitative estimate of drug-likeness (QED) is 0.778. The van der Waals surface area contributed by atoms with Gasteiger partial charge in [-0.05, 0) is 20.3 Å². The molecule has 0 saturated heterocycles. The summed E-state index contributed by atoms with van der Waals surface area (Å²) in [6, 6.07) is 1.00. The van der Waals surface area contributed by atoms with Crippen molar-refractivity contribution in [3.8, 4) is 5.75 Å². The molecule has 0 radical (unpaired) electrons. The summed E-state index contributed by atoms with van der Waals surface area (Å²) in [5.41, 5.74) is -0.957. The summed E-state index contributed by atoms with van der Waals surface area (Å²) >= 11 is 0. The summed E-state index contributed by atoms with van der Waals surface area (Å²) in [5.74, 6) is -1.83. The zero-order chi connectivity index (χ0) is 15.3. The van der Waals surface area contributed by atoms with Crippen LogP contribution in [0.3, 0.4) is 0 Å². The van der Waals surface area contributed by atoms with Crippen molar-refractivity contribution in [2.24, 2.45) is 0 Å². The number of amides is 2. The highest BCUT2D eigenvalue weighted by molar-refractivity contribution is 5.90. The third-order valence-electron chi connectivity index (χ3n) is 2.68. The van der Waals surface area contributed by atoms with Crippen LogP contribution in [0.25, 0.3) is 0 Å². The first-order chi connectivity index (χ1) is 9.29. The number of benzene rings is 1. The number of rotatable bonds is 5. The molecular formula is C13H18F2N2O3. The second kappa shape index (κ2) is 6.51. The Morgan fingerprint density at radius 3 is 2.55 bits per heavy atom. The number of nitrogens with one attached hydrogen (secondary N) is 2. The maximum atomic E-state index is 13.6. The lowest BCUT2D eigenvalue weighted by molar-refractivity contribution is 0.218. The summed E-state index contributed by atoms with van der Waals surface area (Å²) in [6.45, 7) is 3.31. The van der Waals surface area contributed by atoms with Crippen molar-refractivity contribution < 1.29 is 23.4 Å². The molecule has 1 aromatic rings. The molecule has 3 N–H and O–H groups in total. The van der Waals surface area contributed by atoms with Gasteiger partial charge in [0.05, 0.1) is 12.8 Å². The second-order valence-electron chi connectivity index (χ2n) is 4.90. The molecular weight excluding hydrogens is 270 g/mol. The molecule has 0 aliphatic heterocycles. The first-order valence-electron chi connectivity index (χ1n) is 6.02. The van der Waals surface area contributed by atoms with Gasteiger partial charge in [-0.3, -0.25) is 0 Å². The van der Waals surface area contributed by atoms with Crippen molar-refractivity contribution >= 4 is 11.7 Å². The van der Waals surface area contributed by atoms with Crippen LogP contribution in [0.2, 0.25) is 0 Å². The summed E-state index contributed by atoms with van der Waals surface area (Å²) in [4.78, 5) is 11.7. The number of hydrogen-bond acceptors (Lipinski definition) is 3. The maximum absolute atomic E-state index is 13.6. The molecule has 112 valence electrons. The fourth-order valence-corrected chi connectivity index (χ4v) is 1.58. The molecule has 0 spiro atoms. The minimum absolute atomic E-state index is 0.0984. The SMILES string of the molecule is COc1cc(F)c(NC(=O)NC(C)(C)CCO)cc1F. The van der Waals surface area contributed by atoms with Gasteiger partial charge in [-0.25, -0.2) is 13.6 Å². The molecule has 5 nitrogen and oxygen atoms in total. The summed E-state index contributed by atoms with van der Waals surface area (Å²) in [7, 11) is 1.22. The number of aliphatic hydroxyl groups excluding tert-OH is 1. The number of ether oxygens (including phenoxy) is 1. The first-order valence-corrected chi connectivity index (χ1v) is 6.02. The van der Waals surface area contributed by atoms with Crippen molar-refractivity contribution in [3.63, 3.8) is 0 Å². The minimum Gasteiger partial charge on any atom is -0.494 e. The Bertz CT molecular complexity index is 493. The van der Waals surface area contributed by atoms with Crippen LogP contribution in [-0.2, 0) is 0 Å². The molecule has 1 rings (SSSR count). The van der Waals surface area contributed by atoms with Gasteiger partial charge in [0.25, 0.3) is 0 Å².